The van der Waals surface area contributed by atoms with Gasteiger partial charge in [0.2, 0.25) is 5.91 Å². The normalized spacial score (nSPS) is 20.8. The van der Waals surface area contributed by atoms with E-state index in [1.165, 1.54) is 0 Å². The van der Waals surface area contributed by atoms with E-state index in [1.807, 2.05) is 13.8 Å². The molecule has 1 aliphatic heterocycles. The predicted octanol–water partition coefficient (Wildman–Crippen LogP) is 2.04. The smallest absolute Gasteiger partial charge is 0.240 e. The van der Waals surface area contributed by atoms with Crippen LogP contribution in [0.2, 0.25) is 0 Å². The Hall–Kier alpha value is -1.07. The fourth-order valence-electron chi connectivity index (χ4n) is 2.23. The number of likely N-dealkylation sites (tertiary alicyclic amines) is 1. The fraction of sp³-hybridized carbons (Fsp3) is 0.692. The predicted molar refractivity (Wildman–Crippen MR) is 71.1 cm³/mol. The Balaban J connectivity index is 1.84. The second-order valence-corrected chi connectivity index (χ2v) is 5.58. The van der Waals surface area contributed by atoms with Crippen LogP contribution >= 0.6 is 11.6 Å². The number of rotatable bonds is 4. The molecule has 0 spiro atoms. The first-order valence-corrected chi connectivity index (χ1v) is 6.89. The lowest BCUT2D eigenvalue weighted by Crippen LogP contribution is -2.34. The van der Waals surface area contributed by atoms with E-state index >= 15 is 0 Å². The lowest BCUT2D eigenvalue weighted by Gasteiger charge is -2.17. The highest BCUT2D eigenvalue weighted by Crippen LogP contribution is 2.19. The third-order valence-corrected chi connectivity index (χ3v) is 3.63. The molecule has 2 atom stereocenters. The van der Waals surface area contributed by atoms with Gasteiger partial charge in [-0.2, -0.15) is 0 Å². The van der Waals surface area contributed by atoms with Crippen LogP contribution < -0.4 is 0 Å². The van der Waals surface area contributed by atoms with Gasteiger partial charge in [0.25, 0.3) is 0 Å². The number of carbonyl (C=O) groups excluding carboxylic acids is 1. The molecule has 0 bridgehead atoms. The number of aromatic nitrogens is 1. The number of alkyl halides is 1. The summed E-state index contributed by atoms with van der Waals surface area (Å²) < 4.78 is 10.9. The van der Waals surface area contributed by atoms with E-state index in [0.29, 0.717) is 19.7 Å². The minimum Gasteiger partial charge on any atom is -0.371 e. The molecular weight excluding hydrogens is 268 g/mol. The van der Waals surface area contributed by atoms with Gasteiger partial charge >= 0.3 is 0 Å². The number of halogens is 1. The summed E-state index contributed by atoms with van der Waals surface area (Å²) in [6.07, 6.45) is 0.909. The van der Waals surface area contributed by atoms with Gasteiger partial charge in [0.05, 0.1) is 18.4 Å². The van der Waals surface area contributed by atoms with Crippen LogP contribution in [-0.2, 0) is 16.1 Å². The number of nitrogens with zero attached hydrogens (tertiary/aromatic N) is 2. The maximum Gasteiger partial charge on any atom is 0.240 e. The molecule has 1 amide bonds. The monoisotopic (exact) mass is 286 g/mol. The molecule has 19 heavy (non-hydrogen) atoms. The zero-order chi connectivity index (χ0) is 14.0. The summed E-state index contributed by atoms with van der Waals surface area (Å²) in [6, 6.07) is 0. The van der Waals surface area contributed by atoms with Crippen molar-refractivity contribution >= 4 is 17.5 Å². The third kappa shape index (κ3) is 3.28. The number of amides is 1. The molecule has 1 aromatic heterocycles. The fourth-order valence-corrected chi connectivity index (χ4v) is 2.36. The number of hydrogen-bond donors (Lipinski definition) is 0. The molecule has 0 N–H and O–H groups in total. The summed E-state index contributed by atoms with van der Waals surface area (Å²) in [7, 11) is 0. The minimum absolute atomic E-state index is 0.0231. The number of aryl methyl sites for hydroxylation is 2. The Morgan fingerprint density at radius 1 is 1.63 bits per heavy atom. The Morgan fingerprint density at radius 2 is 2.37 bits per heavy atom. The minimum atomic E-state index is -0.471. The van der Waals surface area contributed by atoms with Gasteiger partial charge in [-0.15, -0.1) is 11.6 Å². The molecule has 2 unspecified atom stereocenters. The standard InChI is InChI=1S/C13H19ClN2O3/c1-8(14)13(17)16-5-4-11(6-16)18-7-12-9(2)15-19-10(12)3/h8,11H,4-7H2,1-3H3. The van der Waals surface area contributed by atoms with E-state index in [4.69, 9.17) is 20.9 Å². The first kappa shape index (κ1) is 14.3. The quantitative estimate of drug-likeness (QED) is 0.795. The lowest BCUT2D eigenvalue weighted by molar-refractivity contribution is -0.130. The lowest BCUT2D eigenvalue weighted by atomic mass is 10.2. The van der Waals surface area contributed by atoms with E-state index in [-0.39, 0.29) is 12.0 Å². The highest BCUT2D eigenvalue weighted by Gasteiger charge is 2.29. The molecule has 6 heteroatoms. The van der Waals surface area contributed by atoms with Crippen molar-refractivity contribution < 1.29 is 14.1 Å². The van der Waals surface area contributed by atoms with E-state index in [1.54, 1.807) is 11.8 Å². The van der Waals surface area contributed by atoms with E-state index < -0.39 is 5.38 Å². The van der Waals surface area contributed by atoms with Gasteiger partial charge in [-0.3, -0.25) is 4.79 Å². The molecule has 2 heterocycles. The SMILES string of the molecule is Cc1noc(C)c1COC1CCN(C(=O)C(C)Cl)C1. The average molecular weight is 287 g/mol. The summed E-state index contributed by atoms with van der Waals surface area (Å²) in [6.45, 7) is 7.26. The Morgan fingerprint density at radius 3 is 2.95 bits per heavy atom. The van der Waals surface area contributed by atoms with Crippen LogP contribution in [0.1, 0.15) is 30.4 Å². The van der Waals surface area contributed by atoms with Crippen molar-refractivity contribution in [1.82, 2.24) is 10.1 Å². The van der Waals surface area contributed by atoms with Crippen molar-refractivity contribution in [2.24, 2.45) is 0 Å². The van der Waals surface area contributed by atoms with Gasteiger partial charge in [-0.25, -0.2) is 0 Å². The summed E-state index contributed by atoms with van der Waals surface area (Å²) in [5.74, 6) is 0.767. The van der Waals surface area contributed by atoms with E-state index in [9.17, 15) is 4.79 Å². The van der Waals surface area contributed by atoms with Gasteiger partial charge in [0.15, 0.2) is 0 Å². The molecular formula is C13H19ClN2O3. The largest absolute Gasteiger partial charge is 0.371 e. The molecule has 1 aliphatic rings. The molecule has 1 saturated heterocycles. The van der Waals surface area contributed by atoms with Crippen molar-refractivity contribution in [3.63, 3.8) is 0 Å². The molecule has 5 nitrogen and oxygen atoms in total. The van der Waals surface area contributed by atoms with Gasteiger partial charge in [-0.1, -0.05) is 5.16 Å². The Bertz CT molecular complexity index is 439. The van der Waals surface area contributed by atoms with E-state index in [2.05, 4.69) is 5.16 Å². The van der Waals surface area contributed by atoms with Gasteiger partial charge in [0.1, 0.15) is 11.1 Å². The van der Waals surface area contributed by atoms with Crippen LogP contribution in [0.25, 0.3) is 0 Å². The van der Waals surface area contributed by atoms with E-state index in [0.717, 1.165) is 23.4 Å². The van der Waals surface area contributed by atoms with Gasteiger partial charge < -0.3 is 14.2 Å². The Kier molecular flexibility index (Phi) is 4.47. The highest BCUT2D eigenvalue weighted by molar-refractivity contribution is 6.30. The zero-order valence-electron chi connectivity index (χ0n) is 11.5. The van der Waals surface area contributed by atoms with Gasteiger partial charge in [0, 0.05) is 18.7 Å². The first-order valence-electron chi connectivity index (χ1n) is 6.45. The molecule has 0 radical (unpaired) electrons. The van der Waals surface area contributed by atoms with Crippen LogP contribution in [0.5, 0.6) is 0 Å². The highest BCUT2D eigenvalue weighted by atomic mass is 35.5. The number of carbonyl (C=O) groups is 1. The van der Waals surface area contributed by atoms with Crippen LogP contribution in [0, 0.1) is 13.8 Å². The van der Waals surface area contributed by atoms with Crippen molar-refractivity contribution in [3.8, 4) is 0 Å². The van der Waals surface area contributed by atoms with Crippen LogP contribution in [0.15, 0.2) is 4.52 Å². The first-order chi connectivity index (χ1) is 8.99. The summed E-state index contributed by atoms with van der Waals surface area (Å²) in [5.41, 5.74) is 1.85. The van der Waals surface area contributed by atoms with Crippen LogP contribution in [0.4, 0.5) is 0 Å². The third-order valence-electron chi connectivity index (χ3n) is 3.44. The maximum absolute atomic E-state index is 11.7. The zero-order valence-corrected chi connectivity index (χ0v) is 12.2. The molecule has 106 valence electrons. The van der Waals surface area contributed by atoms with Crippen molar-refractivity contribution in [2.45, 2.75) is 45.3 Å². The molecule has 0 aliphatic carbocycles. The van der Waals surface area contributed by atoms with Crippen molar-refractivity contribution in [1.29, 1.82) is 0 Å². The summed E-state index contributed by atoms with van der Waals surface area (Å²) >= 11 is 5.80. The van der Waals surface area contributed by atoms with Gasteiger partial charge in [-0.05, 0) is 27.2 Å². The van der Waals surface area contributed by atoms with Crippen LogP contribution in [-0.4, -0.2) is 40.5 Å². The average Bonchev–Trinajstić information content (AvgIpc) is 2.94. The maximum atomic E-state index is 11.7. The molecule has 1 fully saturated rings. The Labute approximate surface area is 117 Å². The molecule has 2 rings (SSSR count). The second-order valence-electron chi connectivity index (χ2n) is 4.92. The summed E-state index contributed by atoms with van der Waals surface area (Å²) in [5, 5.41) is 3.42. The molecule has 0 aromatic carbocycles. The second kappa shape index (κ2) is 5.92. The molecule has 0 saturated carbocycles. The number of ether oxygens (including phenoxy) is 1. The van der Waals surface area contributed by atoms with Crippen molar-refractivity contribution in [3.05, 3.63) is 17.0 Å². The number of hydrogen-bond acceptors (Lipinski definition) is 4. The van der Waals surface area contributed by atoms with Crippen LogP contribution in [0.3, 0.4) is 0 Å². The van der Waals surface area contributed by atoms with Crippen molar-refractivity contribution in [2.75, 3.05) is 13.1 Å². The molecule has 1 aromatic rings. The summed E-state index contributed by atoms with van der Waals surface area (Å²) in [4.78, 5) is 13.5. The topological polar surface area (TPSA) is 55.6 Å².